The number of alkyl halides is 3. The number of piperidine rings is 1. The summed E-state index contributed by atoms with van der Waals surface area (Å²) in [5, 5.41) is 1.98. The lowest BCUT2D eigenvalue weighted by molar-refractivity contribution is -0.174. The molecule has 0 spiro atoms. The van der Waals surface area contributed by atoms with E-state index in [9.17, 15) is 22.8 Å². The molecule has 132 valence electrons. The van der Waals surface area contributed by atoms with E-state index in [1.165, 1.54) is 0 Å². The molecule has 1 saturated heterocycles. The van der Waals surface area contributed by atoms with E-state index in [-0.39, 0.29) is 5.91 Å². The molecule has 7 heteroatoms. The van der Waals surface area contributed by atoms with Crippen LogP contribution < -0.4 is 5.32 Å². The van der Waals surface area contributed by atoms with Gasteiger partial charge in [-0.1, -0.05) is 29.8 Å². The first-order valence-electron chi connectivity index (χ1n) is 7.96. The second-order valence-corrected chi connectivity index (χ2v) is 6.11. The minimum Gasteiger partial charge on any atom is -0.345 e. The van der Waals surface area contributed by atoms with E-state index >= 15 is 0 Å². The first-order valence-corrected chi connectivity index (χ1v) is 7.96. The van der Waals surface area contributed by atoms with Crippen molar-refractivity contribution in [2.45, 2.75) is 44.8 Å². The van der Waals surface area contributed by atoms with Gasteiger partial charge in [0, 0.05) is 25.6 Å². The molecule has 0 bridgehead atoms. The number of rotatable bonds is 4. The summed E-state index contributed by atoms with van der Waals surface area (Å²) < 4.78 is 36.7. The van der Waals surface area contributed by atoms with Crippen molar-refractivity contribution in [2.24, 2.45) is 0 Å². The smallest absolute Gasteiger partial charge is 0.345 e. The van der Waals surface area contributed by atoms with Crippen LogP contribution >= 0.6 is 0 Å². The molecule has 0 radical (unpaired) electrons. The van der Waals surface area contributed by atoms with Crippen LogP contribution in [0.4, 0.5) is 13.2 Å². The average Bonchev–Trinajstić information content (AvgIpc) is 2.54. The van der Waals surface area contributed by atoms with Gasteiger partial charge in [0.15, 0.2) is 0 Å². The van der Waals surface area contributed by atoms with E-state index in [2.05, 4.69) is 0 Å². The van der Waals surface area contributed by atoms with Gasteiger partial charge in [0.1, 0.15) is 0 Å². The molecular weight excluding hydrogens is 321 g/mol. The Kier molecular flexibility index (Phi) is 5.85. The highest BCUT2D eigenvalue weighted by Gasteiger charge is 2.40. The molecule has 0 aliphatic carbocycles. The van der Waals surface area contributed by atoms with Crippen LogP contribution in [0, 0.1) is 6.92 Å². The maximum Gasteiger partial charge on any atom is 0.471 e. The van der Waals surface area contributed by atoms with Crippen LogP contribution in [0.25, 0.3) is 0 Å². The Morgan fingerprint density at radius 3 is 2.29 bits per heavy atom. The predicted molar refractivity (Wildman–Crippen MR) is 83.3 cm³/mol. The zero-order valence-electron chi connectivity index (χ0n) is 13.5. The summed E-state index contributed by atoms with van der Waals surface area (Å²) >= 11 is 0. The average molecular weight is 342 g/mol. The minimum absolute atomic E-state index is 0.00354. The monoisotopic (exact) mass is 342 g/mol. The summed E-state index contributed by atoms with van der Waals surface area (Å²) in [5.41, 5.74) is 2.24. The first kappa shape index (κ1) is 18.3. The van der Waals surface area contributed by atoms with Crippen molar-refractivity contribution in [3.05, 3.63) is 35.4 Å². The number of carbonyl (C=O) groups excluding carboxylic acids is 2. The molecule has 0 aromatic heterocycles. The van der Waals surface area contributed by atoms with Crippen molar-refractivity contribution >= 4 is 11.8 Å². The number of amides is 2. The Morgan fingerprint density at radius 2 is 1.75 bits per heavy atom. The van der Waals surface area contributed by atoms with E-state index in [0.29, 0.717) is 38.8 Å². The second-order valence-electron chi connectivity index (χ2n) is 6.11. The maximum atomic E-state index is 12.2. The lowest BCUT2D eigenvalue weighted by atomic mass is 10.0. The molecule has 1 aromatic rings. The van der Waals surface area contributed by atoms with Crippen LogP contribution in [0.15, 0.2) is 24.3 Å². The standard InChI is InChI=1S/C17H21F3N2O2/c1-12-2-4-13(5-3-12)6-7-15(23)22-10-8-14(9-11-22)21-16(24)17(18,19)20/h2-5,14H,6-11H2,1H3,(H,21,24). The Labute approximate surface area is 139 Å². The third-order valence-corrected chi connectivity index (χ3v) is 4.19. The summed E-state index contributed by atoms with van der Waals surface area (Å²) in [5.74, 6) is -1.91. The van der Waals surface area contributed by atoms with Crippen LogP contribution in [0.3, 0.4) is 0 Å². The number of nitrogens with one attached hydrogen (secondary N) is 1. The van der Waals surface area contributed by atoms with Gasteiger partial charge in [0.25, 0.3) is 0 Å². The molecule has 0 saturated carbocycles. The van der Waals surface area contributed by atoms with Crippen LogP contribution in [0.5, 0.6) is 0 Å². The molecule has 1 aromatic carbocycles. The van der Waals surface area contributed by atoms with Crippen molar-refractivity contribution in [3.63, 3.8) is 0 Å². The van der Waals surface area contributed by atoms with Gasteiger partial charge in [-0.05, 0) is 31.7 Å². The van der Waals surface area contributed by atoms with Crippen molar-refractivity contribution in [1.29, 1.82) is 0 Å². The van der Waals surface area contributed by atoms with E-state index in [1.54, 1.807) is 4.90 Å². The third-order valence-electron chi connectivity index (χ3n) is 4.19. The molecule has 1 N–H and O–H groups in total. The van der Waals surface area contributed by atoms with Gasteiger partial charge in [0.05, 0.1) is 0 Å². The highest BCUT2D eigenvalue weighted by molar-refractivity contribution is 5.82. The molecule has 2 amide bonds. The van der Waals surface area contributed by atoms with Crippen molar-refractivity contribution in [3.8, 4) is 0 Å². The van der Waals surface area contributed by atoms with Crippen LogP contribution in [0.2, 0.25) is 0 Å². The summed E-state index contributed by atoms with van der Waals surface area (Å²) in [4.78, 5) is 24.8. The number of aryl methyl sites for hydroxylation is 2. The SMILES string of the molecule is Cc1ccc(CCC(=O)N2CCC(NC(=O)C(F)(F)F)CC2)cc1. The van der Waals surface area contributed by atoms with Gasteiger partial charge in [-0.2, -0.15) is 13.2 Å². The van der Waals surface area contributed by atoms with Gasteiger partial charge in [-0.15, -0.1) is 0 Å². The van der Waals surface area contributed by atoms with Gasteiger partial charge in [-0.25, -0.2) is 0 Å². The number of nitrogens with zero attached hydrogens (tertiary/aromatic N) is 1. The predicted octanol–water partition coefficient (Wildman–Crippen LogP) is 2.60. The Bertz CT molecular complexity index is 576. The molecule has 0 atom stereocenters. The Hall–Kier alpha value is -2.05. The summed E-state index contributed by atoms with van der Waals surface area (Å²) in [6.07, 6.45) is -3.15. The molecule has 24 heavy (non-hydrogen) atoms. The Morgan fingerprint density at radius 1 is 1.17 bits per heavy atom. The number of halogens is 3. The molecular formula is C17H21F3N2O2. The lowest BCUT2D eigenvalue weighted by Gasteiger charge is -2.32. The minimum atomic E-state index is -4.86. The van der Waals surface area contributed by atoms with Crippen LogP contribution in [-0.2, 0) is 16.0 Å². The molecule has 1 fully saturated rings. The number of hydrogen-bond donors (Lipinski definition) is 1. The fourth-order valence-corrected chi connectivity index (χ4v) is 2.70. The highest BCUT2D eigenvalue weighted by atomic mass is 19.4. The second kappa shape index (κ2) is 7.68. The van der Waals surface area contributed by atoms with Gasteiger partial charge in [-0.3, -0.25) is 9.59 Å². The van der Waals surface area contributed by atoms with Crippen molar-refractivity contribution in [2.75, 3.05) is 13.1 Å². The summed E-state index contributed by atoms with van der Waals surface area (Å²) in [7, 11) is 0. The van der Waals surface area contributed by atoms with E-state index < -0.39 is 18.1 Å². The molecule has 4 nitrogen and oxygen atoms in total. The van der Waals surface area contributed by atoms with E-state index in [4.69, 9.17) is 0 Å². The fraction of sp³-hybridized carbons (Fsp3) is 0.529. The quantitative estimate of drug-likeness (QED) is 0.914. The fourth-order valence-electron chi connectivity index (χ4n) is 2.70. The normalized spacial score (nSPS) is 16.1. The van der Waals surface area contributed by atoms with Crippen LogP contribution in [-0.4, -0.2) is 42.0 Å². The topological polar surface area (TPSA) is 49.4 Å². The van der Waals surface area contributed by atoms with E-state index in [0.717, 1.165) is 11.1 Å². The number of benzene rings is 1. The zero-order valence-corrected chi connectivity index (χ0v) is 13.5. The van der Waals surface area contributed by atoms with Gasteiger partial charge in [0.2, 0.25) is 5.91 Å². The zero-order chi connectivity index (χ0) is 17.7. The molecule has 1 aliphatic heterocycles. The maximum absolute atomic E-state index is 12.2. The number of hydrogen-bond acceptors (Lipinski definition) is 2. The molecule has 2 rings (SSSR count). The molecule has 0 unspecified atom stereocenters. The Balaban J connectivity index is 1.74. The van der Waals surface area contributed by atoms with Gasteiger partial charge >= 0.3 is 12.1 Å². The first-order chi connectivity index (χ1) is 11.3. The highest BCUT2D eigenvalue weighted by Crippen LogP contribution is 2.18. The largest absolute Gasteiger partial charge is 0.471 e. The summed E-state index contributed by atoms with van der Waals surface area (Å²) in [6.45, 7) is 2.74. The third kappa shape index (κ3) is 5.25. The number of carbonyl (C=O) groups is 2. The summed E-state index contributed by atoms with van der Waals surface area (Å²) in [6, 6.07) is 7.44. The molecule has 1 aliphatic rings. The van der Waals surface area contributed by atoms with Gasteiger partial charge < -0.3 is 10.2 Å². The van der Waals surface area contributed by atoms with Crippen molar-refractivity contribution in [1.82, 2.24) is 10.2 Å². The van der Waals surface area contributed by atoms with E-state index in [1.807, 2.05) is 36.5 Å². The number of likely N-dealkylation sites (tertiary alicyclic amines) is 1. The van der Waals surface area contributed by atoms with Crippen molar-refractivity contribution < 1.29 is 22.8 Å². The van der Waals surface area contributed by atoms with Crippen LogP contribution in [0.1, 0.15) is 30.4 Å². The molecule has 1 heterocycles. The lowest BCUT2D eigenvalue weighted by Crippen LogP contribution is -2.49.